The van der Waals surface area contributed by atoms with Gasteiger partial charge in [0.2, 0.25) is 5.91 Å². The Morgan fingerprint density at radius 1 is 0.935 bits per heavy atom. The molecule has 156 valence electrons. The summed E-state index contributed by atoms with van der Waals surface area (Å²) >= 11 is 5.84. The molecule has 0 aliphatic carbocycles. The van der Waals surface area contributed by atoms with Crippen molar-refractivity contribution in [1.82, 2.24) is 14.7 Å². The first kappa shape index (κ1) is 20.6. The van der Waals surface area contributed by atoms with Crippen molar-refractivity contribution in [3.63, 3.8) is 0 Å². The Morgan fingerprint density at radius 3 is 2.45 bits per heavy atom. The lowest BCUT2D eigenvalue weighted by Gasteiger charge is -2.09. The van der Waals surface area contributed by atoms with Gasteiger partial charge < -0.3 is 10.6 Å². The maximum Gasteiger partial charge on any atom is 0.251 e. The van der Waals surface area contributed by atoms with Gasteiger partial charge in [-0.1, -0.05) is 48.0 Å². The number of imidazole rings is 1. The first-order chi connectivity index (χ1) is 15.1. The number of carbonyl (C=O) groups excluding carboxylic acids is 2. The van der Waals surface area contributed by atoms with E-state index in [0.29, 0.717) is 29.4 Å². The highest BCUT2D eigenvalue weighted by Crippen LogP contribution is 2.28. The van der Waals surface area contributed by atoms with Crippen LogP contribution in [-0.4, -0.2) is 27.7 Å². The standard InChI is InChI=1S/C24H21ClN4O2/c25-19-13-11-18(12-14-19)24(31)26-15-6-10-21(30)28-23-22(17-7-2-1-3-8-17)27-20-9-4-5-16-29(20)23/h1-5,7-9,11-14,16H,6,10,15H2,(H,26,31)(H,28,30). The van der Waals surface area contributed by atoms with Crippen LogP contribution in [0.3, 0.4) is 0 Å². The zero-order chi connectivity index (χ0) is 21.6. The highest BCUT2D eigenvalue weighted by molar-refractivity contribution is 6.30. The van der Waals surface area contributed by atoms with Gasteiger partial charge >= 0.3 is 0 Å². The molecular weight excluding hydrogens is 412 g/mol. The molecule has 6 nitrogen and oxygen atoms in total. The van der Waals surface area contributed by atoms with Crippen LogP contribution in [-0.2, 0) is 4.79 Å². The minimum absolute atomic E-state index is 0.136. The van der Waals surface area contributed by atoms with E-state index in [1.807, 2.05) is 59.1 Å². The molecule has 31 heavy (non-hydrogen) atoms. The van der Waals surface area contributed by atoms with Gasteiger partial charge in [-0.3, -0.25) is 14.0 Å². The molecule has 2 heterocycles. The van der Waals surface area contributed by atoms with Gasteiger partial charge in [0.1, 0.15) is 17.2 Å². The Bertz CT molecular complexity index is 1200. The van der Waals surface area contributed by atoms with Gasteiger partial charge in [0.15, 0.2) is 0 Å². The van der Waals surface area contributed by atoms with Crippen LogP contribution >= 0.6 is 11.6 Å². The zero-order valence-corrected chi connectivity index (χ0v) is 17.5. The average molecular weight is 433 g/mol. The molecule has 0 bridgehead atoms. The highest BCUT2D eigenvalue weighted by Gasteiger charge is 2.16. The third kappa shape index (κ3) is 4.92. The number of pyridine rings is 1. The molecule has 0 atom stereocenters. The molecule has 2 amide bonds. The van der Waals surface area contributed by atoms with Crippen molar-refractivity contribution in [1.29, 1.82) is 0 Å². The van der Waals surface area contributed by atoms with Crippen LogP contribution in [0.25, 0.3) is 16.9 Å². The maximum absolute atomic E-state index is 12.6. The van der Waals surface area contributed by atoms with Crippen molar-refractivity contribution in [2.45, 2.75) is 12.8 Å². The molecule has 2 aromatic heterocycles. The number of rotatable bonds is 7. The highest BCUT2D eigenvalue weighted by atomic mass is 35.5. The minimum Gasteiger partial charge on any atom is -0.352 e. The molecule has 2 aromatic carbocycles. The monoisotopic (exact) mass is 432 g/mol. The summed E-state index contributed by atoms with van der Waals surface area (Å²) in [6.07, 6.45) is 2.66. The van der Waals surface area contributed by atoms with Crippen molar-refractivity contribution in [3.05, 3.63) is 89.6 Å². The van der Waals surface area contributed by atoms with E-state index in [4.69, 9.17) is 11.6 Å². The maximum atomic E-state index is 12.6. The second-order valence-corrected chi connectivity index (χ2v) is 7.45. The fourth-order valence-corrected chi connectivity index (χ4v) is 3.39. The fraction of sp³-hybridized carbons (Fsp3) is 0.125. The molecule has 7 heteroatoms. The molecule has 0 aliphatic heterocycles. The Kier molecular flexibility index (Phi) is 6.29. The molecule has 0 radical (unpaired) electrons. The zero-order valence-electron chi connectivity index (χ0n) is 16.7. The lowest BCUT2D eigenvalue weighted by Crippen LogP contribution is -2.25. The van der Waals surface area contributed by atoms with E-state index in [0.717, 1.165) is 16.9 Å². The van der Waals surface area contributed by atoms with Crippen LogP contribution < -0.4 is 10.6 Å². The molecule has 4 rings (SSSR count). The summed E-state index contributed by atoms with van der Waals surface area (Å²) in [7, 11) is 0. The van der Waals surface area contributed by atoms with E-state index in [2.05, 4.69) is 15.6 Å². The summed E-state index contributed by atoms with van der Waals surface area (Å²) in [6.45, 7) is 0.396. The van der Waals surface area contributed by atoms with Crippen molar-refractivity contribution in [3.8, 4) is 11.3 Å². The van der Waals surface area contributed by atoms with Crippen molar-refractivity contribution in [2.24, 2.45) is 0 Å². The minimum atomic E-state index is -0.190. The van der Waals surface area contributed by atoms with E-state index >= 15 is 0 Å². The van der Waals surface area contributed by atoms with Crippen LogP contribution in [0, 0.1) is 0 Å². The molecule has 0 unspecified atom stereocenters. The van der Waals surface area contributed by atoms with Gasteiger partial charge in [0.05, 0.1) is 0 Å². The lowest BCUT2D eigenvalue weighted by molar-refractivity contribution is -0.116. The van der Waals surface area contributed by atoms with Crippen LogP contribution in [0.2, 0.25) is 5.02 Å². The number of halogens is 1. The van der Waals surface area contributed by atoms with Crippen molar-refractivity contribution < 1.29 is 9.59 Å². The number of carbonyl (C=O) groups is 2. The molecule has 0 spiro atoms. The molecule has 0 fully saturated rings. The van der Waals surface area contributed by atoms with Gasteiger partial charge in [-0.2, -0.15) is 0 Å². The predicted octanol–water partition coefficient (Wildman–Crippen LogP) is 4.80. The number of nitrogens with zero attached hydrogens (tertiary/aromatic N) is 2. The summed E-state index contributed by atoms with van der Waals surface area (Å²) < 4.78 is 1.86. The average Bonchev–Trinajstić information content (AvgIpc) is 3.16. The van der Waals surface area contributed by atoms with E-state index in [1.54, 1.807) is 24.3 Å². The molecule has 0 saturated carbocycles. The number of hydrogen-bond acceptors (Lipinski definition) is 3. The second-order valence-electron chi connectivity index (χ2n) is 7.02. The molecule has 0 aliphatic rings. The SMILES string of the molecule is O=C(CCCNC(=O)c1ccc(Cl)cc1)Nc1c(-c2ccccc2)nc2ccccn12. The van der Waals surface area contributed by atoms with Crippen LogP contribution in [0.5, 0.6) is 0 Å². The first-order valence-corrected chi connectivity index (χ1v) is 10.4. The van der Waals surface area contributed by atoms with Crippen molar-refractivity contribution in [2.75, 3.05) is 11.9 Å². The van der Waals surface area contributed by atoms with E-state index in [1.165, 1.54) is 0 Å². The summed E-state index contributed by atoms with van der Waals surface area (Å²) in [5, 5.41) is 6.39. The molecule has 0 saturated heterocycles. The molecular formula is C24H21ClN4O2. The fourth-order valence-electron chi connectivity index (χ4n) is 3.26. The lowest BCUT2D eigenvalue weighted by atomic mass is 10.1. The summed E-state index contributed by atoms with van der Waals surface area (Å²) in [6, 6.07) is 22.1. The Morgan fingerprint density at radius 2 is 1.68 bits per heavy atom. The van der Waals surface area contributed by atoms with Gasteiger partial charge in [0, 0.05) is 35.3 Å². The first-order valence-electron chi connectivity index (χ1n) is 9.98. The summed E-state index contributed by atoms with van der Waals surface area (Å²) in [5.41, 5.74) is 2.94. The van der Waals surface area contributed by atoms with E-state index in [9.17, 15) is 9.59 Å². The Balaban J connectivity index is 1.38. The number of fused-ring (bicyclic) bond motifs is 1. The number of hydrogen-bond donors (Lipinski definition) is 2. The van der Waals surface area contributed by atoms with Crippen LogP contribution in [0.1, 0.15) is 23.2 Å². The normalized spacial score (nSPS) is 10.7. The number of anilines is 1. The largest absolute Gasteiger partial charge is 0.352 e. The summed E-state index contributed by atoms with van der Waals surface area (Å²) in [5.74, 6) is 0.311. The summed E-state index contributed by atoms with van der Waals surface area (Å²) in [4.78, 5) is 29.4. The smallest absolute Gasteiger partial charge is 0.251 e. The van der Waals surface area contributed by atoms with E-state index < -0.39 is 0 Å². The van der Waals surface area contributed by atoms with Gasteiger partial charge in [-0.15, -0.1) is 0 Å². The third-order valence-electron chi connectivity index (χ3n) is 4.81. The molecule has 2 N–H and O–H groups in total. The van der Waals surface area contributed by atoms with Crippen molar-refractivity contribution >= 4 is 34.9 Å². The Hall–Kier alpha value is -3.64. The third-order valence-corrected chi connectivity index (χ3v) is 5.06. The number of amides is 2. The number of nitrogens with one attached hydrogen (secondary N) is 2. The quantitative estimate of drug-likeness (QED) is 0.412. The molecule has 4 aromatic rings. The number of benzene rings is 2. The van der Waals surface area contributed by atoms with E-state index in [-0.39, 0.29) is 18.2 Å². The second kappa shape index (κ2) is 9.45. The van der Waals surface area contributed by atoms with Gasteiger partial charge in [-0.25, -0.2) is 4.98 Å². The van der Waals surface area contributed by atoms with Crippen LogP contribution in [0.4, 0.5) is 5.82 Å². The van der Waals surface area contributed by atoms with Gasteiger partial charge in [-0.05, 0) is 42.8 Å². The number of aromatic nitrogens is 2. The Labute approximate surface area is 184 Å². The topological polar surface area (TPSA) is 75.5 Å². The predicted molar refractivity (Wildman–Crippen MR) is 122 cm³/mol. The van der Waals surface area contributed by atoms with Gasteiger partial charge in [0.25, 0.3) is 5.91 Å². The van der Waals surface area contributed by atoms with Crippen LogP contribution in [0.15, 0.2) is 79.0 Å².